The van der Waals surface area contributed by atoms with Gasteiger partial charge in [0.05, 0.1) is 17.0 Å². The van der Waals surface area contributed by atoms with Gasteiger partial charge in [0.1, 0.15) is 4.70 Å². The number of aromatic nitrogens is 2. The number of carbonyl (C=O) groups is 1. The van der Waals surface area contributed by atoms with Crippen molar-refractivity contribution in [2.45, 2.75) is 38.4 Å². The lowest BCUT2D eigenvalue weighted by atomic mass is 10.2. The van der Waals surface area contributed by atoms with E-state index in [4.69, 9.17) is 0 Å². The zero-order chi connectivity index (χ0) is 18.7. The molecule has 136 valence electrons. The number of hydrogen-bond acceptors (Lipinski definition) is 5. The van der Waals surface area contributed by atoms with Gasteiger partial charge >= 0.3 is 0 Å². The Bertz CT molecular complexity index is 994. The lowest BCUT2D eigenvalue weighted by molar-refractivity contribution is -0.119. The molecule has 2 heterocycles. The normalized spacial score (nSPS) is 12.3. The van der Waals surface area contributed by atoms with E-state index in [-0.39, 0.29) is 23.3 Å². The van der Waals surface area contributed by atoms with Crippen LogP contribution in [0.25, 0.3) is 15.9 Å². The Hall–Kier alpha value is -2.12. The minimum atomic E-state index is -0.0968. The highest BCUT2D eigenvalue weighted by Gasteiger charge is 2.16. The Labute approximate surface area is 160 Å². The maximum Gasteiger partial charge on any atom is 0.276 e. The second-order valence-corrected chi connectivity index (χ2v) is 8.03. The first-order valence-electron chi connectivity index (χ1n) is 8.49. The standard InChI is InChI=1S/C19H21N3O2S2/c1-4-13(3)20-16(23)11-26-19-21-15-8-9-25-17(15)18(24)22(19)14-7-5-6-12(2)10-14/h5-10,13H,4,11H2,1-3H3,(H,20,23). The van der Waals surface area contributed by atoms with Crippen molar-refractivity contribution in [1.82, 2.24) is 14.9 Å². The van der Waals surface area contributed by atoms with Crippen LogP contribution in [0.15, 0.2) is 45.7 Å². The summed E-state index contributed by atoms with van der Waals surface area (Å²) in [5.74, 6) is 0.165. The van der Waals surface area contributed by atoms with Crippen molar-refractivity contribution in [2.75, 3.05) is 5.75 Å². The summed E-state index contributed by atoms with van der Waals surface area (Å²) in [5.41, 5.74) is 2.41. The molecule has 0 fully saturated rings. The maximum atomic E-state index is 13.0. The Morgan fingerprint density at radius 3 is 2.92 bits per heavy atom. The molecule has 1 atom stereocenters. The van der Waals surface area contributed by atoms with Crippen LogP contribution in [0.3, 0.4) is 0 Å². The summed E-state index contributed by atoms with van der Waals surface area (Å²) in [5, 5.41) is 5.34. The number of aryl methyl sites for hydroxylation is 1. The van der Waals surface area contributed by atoms with Gasteiger partial charge in [0.2, 0.25) is 5.91 Å². The topological polar surface area (TPSA) is 64.0 Å². The zero-order valence-corrected chi connectivity index (χ0v) is 16.6. The molecule has 0 aliphatic rings. The number of benzene rings is 1. The Morgan fingerprint density at radius 2 is 2.19 bits per heavy atom. The highest BCUT2D eigenvalue weighted by molar-refractivity contribution is 7.99. The monoisotopic (exact) mass is 387 g/mol. The van der Waals surface area contributed by atoms with Gasteiger partial charge in [0, 0.05) is 6.04 Å². The van der Waals surface area contributed by atoms with Gasteiger partial charge < -0.3 is 5.32 Å². The summed E-state index contributed by atoms with van der Waals surface area (Å²) < 4.78 is 2.23. The highest BCUT2D eigenvalue weighted by Crippen LogP contribution is 2.24. The van der Waals surface area contributed by atoms with Gasteiger partial charge in [-0.3, -0.25) is 14.2 Å². The molecule has 2 aromatic heterocycles. The summed E-state index contributed by atoms with van der Waals surface area (Å²) in [4.78, 5) is 29.8. The van der Waals surface area contributed by atoms with E-state index in [2.05, 4.69) is 10.3 Å². The van der Waals surface area contributed by atoms with Crippen LogP contribution < -0.4 is 10.9 Å². The van der Waals surface area contributed by atoms with Crippen LogP contribution in [0.5, 0.6) is 0 Å². The predicted molar refractivity (Wildman–Crippen MR) is 109 cm³/mol. The van der Waals surface area contributed by atoms with Crippen molar-refractivity contribution < 1.29 is 4.79 Å². The molecule has 7 heteroatoms. The number of nitrogens with one attached hydrogen (secondary N) is 1. The van der Waals surface area contributed by atoms with Crippen molar-refractivity contribution in [3.8, 4) is 5.69 Å². The van der Waals surface area contributed by atoms with Crippen molar-refractivity contribution in [3.05, 3.63) is 51.6 Å². The molecule has 3 rings (SSSR count). The SMILES string of the molecule is CCC(C)NC(=O)CSc1nc2ccsc2c(=O)n1-c1cccc(C)c1. The second-order valence-electron chi connectivity index (χ2n) is 6.17. The molecule has 1 amide bonds. The predicted octanol–water partition coefficient (Wildman–Crippen LogP) is 3.76. The fraction of sp³-hybridized carbons (Fsp3) is 0.316. The number of nitrogens with zero attached hydrogens (tertiary/aromatic N) is 2. The summed E-state index contributed by atoms with van der Waals surface area (Å²) in [6, 6.07) is 9.71. The van der Waals surface area contributed by atoms with E-state index in [0.717, 1.165) is 17.7 Å². The molecular formula is C19H21N3O2S2. The number of thiophene rings is 1. The van der Waals surface area contributed by atoms with E-state index in [1.807, 2.05) is 56.5 Å². The third-order valence-corrected chi connectivity index (χ3v) is 5.89. The van der Waals surface area contributed by atoms with E-state index >= 15 is 0 Å². The number of rotatable bonds is 6. The Kier molecular flexibility index (Phi) is 5.78. The molecule has 1 unspecified atom stereocenters. The molecule has 26 heavy (non-hydrogen) atoms. The van der Waals surface area contributed by atoms with E-state index < -0.39 is 0 Å². The molecule has 0 aliphatic carbocycles. The third kappa shape index (κ3) is 3.99. The quantitative estimate of drug-likeness (QED) is 0.517. The van der Waals surface area contributed by atoms with Gasteiger partial charge in [0.15, 0.2) is 5.16 Å². The molecule has 0 saturated carbocycles. The molecule has 0 aliphatic heterocycles. The van der Waals surface area contributed by atoms with Gasteiger partial charge in [0.25, 0.3) is 5.56 Å². The molecule has 3 aromatic rings. The molecule has 5 nitrogen and oxygen atoms in total. The van der Waals surface area contributed by atoms with Crippen molar-refractivity contribution >= 4 is 39.2 Å². The van der Waals surface area contributed by atoms with Gasteiger partial charge in [-0.2, -0.15) is 0 Å². The van der Waals surface area contributed by atoms with Gasteiger partial charge in [-0.05, 0) is 49.4 Å². The van der Waals surface area contributed by atoms with Gasteiger partial charge in [-0.1, -0.05) is 30.8 Å². The lowest BCUT2D eigenvalue weighted by Crippen LogP contribution is -2.33. The largest absolute Gasteiger partial charge is 0.353 e. The van der Waals surface area contributed by atoms with Gasteiger partial charge in [-0.25, -0.2) is 4.98 Å². The minimum absolute atomic E-state index is 0.0557. The molecule has 0 radical (unpaired) electrons. The van der Waals surface area contributed by atoms with Crippen LogP contribution in [-0.4, -0.2) is 27.3 Å². The average Bonchev–Trinajstić information content (AvgIpc) is 3.08. The lowest BCUT2D eigenvalue weighted by Gasteiger charge is -2.14. The van der Waals surface area contributed by atoms with E-state index in [9.17, 15) is 9.59 Å². The van der Waals surface area contributed by atoms with Crippen LogP contribution in [0, 0.1) is 6.92 Å². The summed E-state index contributed by atoms with van der Waals surface area (Å²) in [7, 11) is 0. The number of amides is 1. The zero-order valence-electron chi connectivity index (χ0n) is 15.0. The van der Waals surface area contributed by atoms with Crippen molar-refractivity contribution in [1.29, 1.82) is 0 Å². The van der Waals surface area contributed by atoms with Crippen LogP contribution in [-0.2, 0) is 4.79 Å². The van der Waals surface area contributed by atoms with E-state index in [1.165, 1.54) is 23.1 Å². The van der Waals surface area contributed by atoms with E-state index in [1.54, 1.807) is 4.57 Å². The summed E-state index contributed by atoms with van der Waals surface area (Å²) >= 11 is 2.67. The summed E-state index contributed by atoms with van der Waals surface area (Å²) in [6.45, 7) is 5.98. The van der Waals surface area contributed by atoms with Crippen LogP contribution in [0.2, 0.25) is 0 Å². The highest BCUT2D eigenvalue weighted by atomic mass is 32.2. The maximum absolute atomic E-state index is 13.0. The minimum Gasteiger partial charge on any atom is -0.353 e. The first kappa shape index (κ1) is 18.7. The molecule has 0 spiro atoms. The smallest absolute Gasteiger partial charge is 0.276 e. The Balaban J connectivity index is 1.99. The molecule has 1 aromatic carbocycles. The number of fused-ring (bicyclic) bond motifs is 1. The fourth-order valence-electron chi connectivity index (χ4n) is 2.53. The second kappa shape index (κ2) is 8.05. The summed E-state index contributed by atoms with van der Waals surface area (Å²) in [6.07, 6.45) is 0.878. The molecule has 0 bridgehead atoms. The van der Waals surface area contributed by atoms with Crippen LogP contribution in [0.4, 0.5) is 0 Å². The first-order valence-corrected chi connectivity index (χ1v) is 10.4. The van der Waals surface area contributed by atoms with Gasteiger partial charge in [-0.15, -0.1) is 11.3 Å². The van der Waals surface area contributed by atoms with Crippen LogP contribution in [0.1, 0.15) is 25.8 Å². The number of carbonyl (C=O) groups excluding carboxylic acids is 1. The average molecular weight is 388 g/mol. The molecular weight excluding hydrogens is 366 g/mol. The molecule has 1 N–H and O–H groups in total. The Morgan fingerprint density at radius 1 is 1.38 bits per heavy atom. The van der Waals surface area contributed by atoms with Crippen molar-refractivity contribution in [3.63, 3.8) is 0 Å². The molecule has 0 saturated heterocycles. The third-order valence-electron chi connectivity index (χ3n) is 4.06. The van der Waals surface area contributed by atoms with Crippen LogP contribution >= 0.6 is 23.1 Å². The fourth-order valence-corrected chi connectivity index (χ4v) is 4.12. The first-order chi connectivity index (χ1) is 12.5. The number of hydrogen-bond donors (Lipinski definition) is 1. The van der Waals surface area contributed by atoms with Crippen molar-refractivity contribution in [2.24, 2.45) is 0 Å². The number of thioether (sulfide) groups is 1. The van der Waals surface area contributed by atoms with E-state index in [0.29, 0.717) is 15.4 Å².